The highest BCUT2D eigenvalue weighted by atomic mass is 15.2. The number of benzene rings is 6. The van der Waals surface area contributed by atoms with Gasteiger partial charge < -0.3 is 10.2 Å². The van der Waals surface area contributed by atoms with Gasteiger partial charge in [0, 0.05) is 27.6 Å². The first-order chi connectivity index (χ1) is 23.9. The lowest BCUT2D eigenvalue weighted by atomic mass is 9.73. The van der Waals surface area contributed by atoms with Crippen molar-refractivity contribution in [3.05, 3.63) is 149 Å². The number of nitriles is 2. The van der Waals surface area contributed by atoms with Gasteiger partial charge in [-0.25, -0.2) is 4.99 Å². The van der Waals surface area contributed by atoms with Crippen LogP contribution in [0.1, 0.15) is 41.7 Å². The molecule has 6 aromatic rings. The fourth-order valence-corrected chi connectivity index (χ4v) is 7.87. The van der Waals surface area contributed by atoms with E-state index >= 15 is 0 Å². The Hall–Kier alpha value is -6.43. The van der Waals surface area contributed by atoms with Crippen LogP contribution in [0.4, 0.5) is 17.1 Å². The summed E-state index contributed by atoms with van der Waals surface area (Å²) in [6.07, 6.45) is 0. The Balaban J connectivity index is 1.10. The Bertz CT molecular complexity index is 2520. The summed E-state index contributed by atoms with van der Waals surface area (Å²) in [5.41, 5.74) is 15.6. The summed E-state index contributed by atoms with van der Waals surface area (Å²) >= 11 is 0. The lowest BCUT2D eigenvalue weighted by Crippen LogP contribution is -2.36. The number of nitrogens with zero attached hydrogens (tertiary/aromatic N) is 4. The van der Waals surface area contributed by atoms with E-state index < -0.39 is 6.04 Å². The number of aliphatic imine (C=N–C) groups is 1. The molecule has 0 amide bonds. The molecule has 1 atom stereocenters. The van der Waals surface area contributed by atoms with E-state index in [4.69, 9.17) is 0 Å². The highest BCUT2D eigenvalue weighted by molar-refractivity contribution is 6.21. The molecule has 9 rings (SSSR count). The Kier molecular flexibility index (Phi) is 6.19. The number of para-hydroxylation sites is 1. The van der Waals surface area contributed by atoms with Gasteiger partial charge in [0.2, 0.25) is 0 Å². The minimum Gasteiger partial charge on any atom is -0.362 e. The average molecular weight is 630 g/mol. The fourth-order valence-electron chi connectivity index (χ4n) is 7.87. The van der Waals surface area contributed by atoms with Gasteiger partial charge in [-0.15, -0.1) is 0 Å². The number of fused-ring (bicyclic) bond motifs is 4. The molecule has 5 nitrogen and oxygen atoms in total. The molecule has 0 radical (unpaired) electrons. The Labute approximate surface area is 285 Å². The molecule has 0 fully saturated rings. The van der Waals surface area contributed by atoms with E-state index in [2.05, 4.69) is 169 Å². The normalized spacial score (nSPS) is 16.6. The summed E-state index contributed by atoms with van der Waals surface area (Å²) < 4.78 is 0. The highest BCUT2D eigenvalue weighted by Gasteiger charge is 2.37. The third kappa shape index (κ3) is 4.19. The topological polar surface area (TPSA) is 75.2 Å². The zero-order valence-electron chi connectivity index (χ0n) is 27.4. The summed E-state index contributed by atoms with van der Waals surface area (Å²) in [7, 11) is 0. The monoisotopic (exact) mass is 629 g/mol. The summed E-state index contributed by atoms with van der Waals surface area (Å²) in [6.45, 7) is 6.78. The Morgan fingerprint density at radius 2 is 1.41 bits per heavy atom. The van der Waals surface area contributed by atoms with Crippen LogP contribution >= 0.6 is 0 Å². The molecule has 232 valence electrons. The second kappa shape index (κ2) is 10.5. The second-order valence-corrected chi connectivity index (χ2v) is 13.6. The zero-order valence-corrected chi connectivity index (χ0v) is 27.4. The van der Waals surface area contributed by atoms with Crippen LogP contribution in [0, 0.1) is 29.6 Å². The maximum absolute atomic E-state index is 9.64. The summed E-state index contributed by atoms with van der Waals surface area (Å²) in [5.74, 6) is 0. The van der Waals surface area contributed by atoms with Crippen LogP contribution in [0.5, 0.6) is 0 Å². The number of nitrogens with one attached hydrogen (secondary N) is 1. The molecule has 1 unspecified atom stereocenters. The molecule has 0 aromatic heterocycles. The van der Waals surface area contributed by atoms with Gasteiger partial charge >= 0.3 is 0 Å². The van der Waals surface area contributed by atoms with Crippen molar-refractivity contribution in [2.45, 2.75) is 32.2 Å². The molecule has 3 aliphatic rings. The van der Waals surface area contributed by atoms with Crippen molar-refractivity contribution in [2.24, 2.45) is 4.99 Å². The van der Waals surface area contributed by atoms with Crippen molar-refractivity contribution in [1.82, 2.24) is 5.32 Å². The molecule has 1 aliphatic carbocycles. The van der Waals surface area contributed by atoms with Gasteiger partial charge in [0.1, 0.15) is 6.07 Å². The second-order valence-electron chi connectivity index (χ2n) is 13.6. The van der Waals surface area contributed by atoms with E-state index in [0.717, 1.165) is 55.7 Å². The van der Waals surface area contributed by atoms with Crippen molar-refractivity contribution < 1.29 is 0 Å². The first kappa shape index (κ1) is 28.8. The maximum Gasteiger partial charge on any atom is 0.167 e. The van der Waals surface area contributed by atoms with E-state index in [0.29, 0.717) is 0 Å². The predicted octanol–water partition coefficient (Wildman–Crippen LogP) is 10.2. The van der Waals surface area contributed by atoms with Gasteiger partial charge in [0.05, 0.1) is 28.8 Å². The lowest BCUT2D eigenvalue weighted by Gasteiger charge is -2.42. The van der Waals surface area contributed by atoms with E-state index in [-0.39, 0.29) is 11.1 Å². The van der Waals surface area contributed by atoms with Gasteiger partial charge in [0.15, 0.2) is 11.8 Å². The Morgan fingerprint density at radius 1 is 0.694 bits per heavy atom. The quantitative estimate of drug-likeness (QED) is 0.211. The molecule has 2 heterocycles. The standard InChI is InChI=1S/C44H31N5/c1-26-11-18-30(19-12-26)49-39-10-5-4-9-35(39)44(2,3)36-23-29(17-22-40(36)49)27-13-15-28(16-14-27)31-20-21-34-41-32(31)7-6-8-33(41)42-43(34)48-38(25-46)37(24-45)47-42/h4-23,37,47H,1-3H3. The molecule has 49 heavy (non-hydrogen) atoms. The van der Waals surface area contributed by atoms with Crippen LogP contribution in [0.15, 0.2) is 126 Å². The molecule has 0 saturated heterocycles. The molecule has 5 heteroatoms. The summed E-state index contributed by atoms with van der Waals surface area (Å²) in [4.78, 5) is 7.02. The van der Waals surface area contributed by atoms with Crippen LogP contribution in [0.2, 0.25) is 0 Å². The third-order valence-corrected chi connectivity index (χ3v) is 10.4. The predicted molar refractivity (Wildman–Crippen MR) is 199 cm³/mol. The summed E-state index contributed by atoms with van der Waals surface area (Å²) in [5, 5.41) is 24.7. The van der Waals surface area contributed by atoms with Gasteiger partial charge in [0.25, 0.3) is 0 Å². The molecule has 6 aromatic carbocycles. The van der Waals surface area contributed by atoms with Gasteiger partial charge in [-0.05, 0) is 76.0 Å². The number of anilines is 3. The molecular formula is C44H31N5. The van der Waals surface area contributed by atoms with Crippen LogP contribution in [0.25, 0.3) is 44.4 Å². The molecule has 0 bridgehead atoms. The molecular weight excluding hydrogens is 599 g/mol. The number of hydrogen-bond donors (Lipinski definition) is 1. The van der Waals surface area contributed by atoms with Crippen LogP contribution in [0.3, 0.4) is 0 Å². The zero-order chi connectivity index (χ0) is 33.4. The molecule has 1 N–H and O–H groups in total. The van der Waals surface area contributed by atoms with Crippen molar-refractivity contribution in [1.29, 1.82) is 10.5 Å². The van der Waals surface area contributed by atoms with E-state index in [1.54, 1.807) is 0 Å². The fraction of sp³-hybridized carbons (Fsp3) is 0.114. The molecule has 0 saturated carbocycles. The van der Waals surface area contributed by atoms with E-state index in [9.17, 15) is 10.5 Å². The van der Waals surface area contributed by atoms with Crippen LogP contribution in [-0.4, -0.2) is 11.8 Å². The smallest absolute Gasteiger partial charge is 0.167 e. The minimum absolute atomic E-state index is 0.179. The largest absolute Gasteiger partial charge is 0.362 e. The van der Waals surface area contributed by atoms with Crippen LogP contribution in [-0.2, 0) is 5.41 Å². The SMILES string of the molecule is Cc1ccc(N2c3ccccc3C(C)(C)c3cc(-c4ccc(-c5ccc6c7c(cccc57)C5=C6N=C(C#N)C(C#N)N5)cc4)ccc32)cc1. The third-order valence-electron chi connectivity index (χ3n) is 10.4. The van der Waals surface area contributed by atoms with Crippen molar-refractivity contribution in [3.63, 3.8) is 0 Å². The van der Waals surface area contributed by atoms with Crippen molar-refractivity contribution >= 4 is 44.9 Å². The van der Waals surface area contributed by atoms with Gasteiger partial charge in [-0.1, -0.05) is 110 Å². The van der Waals surface area contributed by atoms with Gasteiger partial charge in [-0.3, -0.25) is 0 Å². The Morgan fingerprint density at radius 3 is 2.18 bits per heavy atom. The van der Waals surface area contributed by atoms with E-state index in [1.165, 1.54) is 33.6 Å². The first-order valence-electron chi connectivity index (χ1n) is 16.5. The van der Waals surface area contributed by atoms with E-state index in [1.807, 2.05) is 0 Å². The molecule has 0 spiro atoms. The lowest BCUT2D eigenvalue weighted by molar-refractivity contribution is 0.632. The maximum atomic E-state index is 9.64. The number of rotatable bonds is 3. The van der Waals surface area contributed by atoms with Crippen LogP contribution < -0.4 is 10.2 Å². The molecule has 2 aliphatic heterocycles. The average Bonchev–Trinajstić information content (AvgIpc) is 3.45. The first-order valence-corrected chi connectivity index (χ1v) is 16.5. The summed E-state index contributed by atoms with van der Waals surface area (Å²) in [6, 6.07) is 47.3. The number of aryl methyl sites for hydroxylation is 1. The highest BCUT2D eigenvalue weighted by Crippen LogP contribution is 2.53. The van der Waals surface area contributed by atoms with Crippen molar-refractivity contribution in [3.8, 4) is 34.4 Å². The minimum atomic E-state index is -0.755. The van der Waals surface area contributed by atoms with Crippen molar-refractivity contribution in [2.75, 3.05) is 4.90 Å². The van der Waals surface area contributed by atoms with Gasteiger partial charge in [-0.2, -0.15) is 10.5 Å². The number of hydrogen-bond acceptors (Lipinski definition) is 5.